The number of rotatable bonds is 1. The molecular formula is C9H14O2. The van der Waals surface area contributed by atoms with E-state index in [0.717, 1.165) is 25.7 Å². The number of Topliss-reactive ketones (excluding diaryl/α,β-unsaturated/α-hetero) is 1. The summed E-state index contributed by atoms with van der Waals surface area (Å²) in [4.78, 5) is 11.4. The highest BCUT2D eigenvalue weighted by molar-refractivity contribution is 5.86. The maximum atomic E-state index is 11.4. The van der Waals surface area contributed by atoms with Crippen LogP contribution in [0.5, 0.6) is 0 Å². The van der Waals surface area contributed by atoms with Gasteiger partial charge in [0, 0.05) is 18.9 Å². The van der Waals surface area contributed by atoms with Crippen LogP contribution < -0.4 is 0 Å². The minimum absolute atomic E-state index is 0.346. The summed E-state index contributed by atoms with van der Waals surface area (Å²) >= 11 is 0. The summed E-state index contributed by atoms with van der Waals surface area (Å²) in [6, 6.07) is 0. The summed E-state index contributed by atoms with van der Waals surface area (Å²) in [5.41, 5.74) is 0. The van der Waals surface area contributed by atoms with Crippen LogP contribution in [0.2, 0.25) is 0 Å². The molecule has 11 heavy (non-hydrogen) atoms. The molecule has 0 spiro atoms. The monoisotopic (exact) mass is 154 g/mol. The summed E-state index contributed by atoms with van der Waals surface area (Å²) in [6.07, 6.45) is 4.55. The molecule has 2 aliphatic carbocycles. The van der Waals surface area contributed by atoms with E-state index in [-0.39, 0.29) is 0 Å². The van der Waals surface area contributed by atoms with E-state index in [4.69, 9.17) is 4.74 Å². The molecule has 0 aromatic carbocycles. The van der Waals surface area contributed by atoms with Crippen molar-refractivity contribution in [1.82, 2.24) is 0 Å². The SMILES string of the molecule is COC1C[C@H]2CC[C@@H](C1)C2=O. The lowest BCUT2D eigenvalue weighted by atomic mass is 9.86. The zero-order chi connectivity index (χ0) is 7.84. The zero-order valence-corrected chi connectivity index (χ0v) is 6.88. The molecule has 0 saturated heterocycles. The fourth-order valence-electron chi connectivity index (χ4n) is 2.41. The van der Waals surface area contributed by atoms with Gasteiger partial charge < -0.3 is 4.74 Å². The largest absolute Gasteiger partial charge is 0.381 e. The standard InChI is InChI=1S/C9H14O2/c1-11-8-4-6-2-3-7(5-8)9(6)10/h6-8H,2-5H2,1H3/t6-,7+,8?. The number of ether oxygens (including phenoxy) is 1. The van der Waals surface area contributed by atoms with Crippen LogP contribution in [0.3, 0.4) is 0 Å². The molecule has 0 aliphatic heterocycles. The molecule has 2 fully saturated rings. The van der Waals surface area contributed by atoms with Gasteiger partial charge >= 0.3 is 0 Å². The van der Waals surface area contributed by atoms with E-state index in [1.165, 1.54) is 0 Å². The molecule has 2 saturated carbocycles. The highest BCUT2D eigenvalue weighted by atomic mass is 16.5. The number of carbonyl (C=O) groups excluding carboxylic acids is 1. The minimum atomic E-state index is 0.346. The van der Waals surface area contributed by atoms with Crippen LogP contribution in [0, 0.1) is 11.8 Å². The Labute approximate surface area is 66.9 Å². The van der Waals surface area contributed by atoms with Gasteiger partial charge in [-0.05, 0) is 25.7 Å². The first-order valence-corrected chi connectivity index (χ1v) is 4.37. The Bertz CT molecular complexity index is 160. The van der Waals surface area contributed by atoms with Crippen LogP contribution >= 0.6 is 0 Å². The Kier molecular flexibility index (Phi) is 1.72. The van der Waals surface area contributed by atoms with Gasteiger partial charge in [0.25, 0.3) is 0 Å². The third-order valence-corrected chi connectivity index (χ3v) is 3.10. The van der Waals surface area contributed by atoms with Gasteiger partial charge in [0.1, 0.15) is 5.78 Å². The minimum Gasteiger partial charge on any atom is -0.381 e. The quantitative estimate of drug-likeness (QED) is 0.570. The fraction of sp³-hybridized carbons (Fsp3) is 0.889. The van der Waals surface area contributed by atoms with Crippen LogP contribution in [0.4, 0.5) is 0 Å². The molecule has 2 nitrogen and oxygen atoms in total. The van der Waals surface area contributed by atoms with Crippen molar-refractivity contribution in [3.63, 3.8) is 0 Å². The smallest absolute Gasteiger partial charge is 0.139 e. The third kappa shape index (κ3) is 1.09. The van der Waals surface area contributed by atoms with Crippen LogP contribution in [-0.4, -0.2) is 19.0 Å². The Morgan fingerprint density at radius 1 is 1.27 bits per heavy atom. The number of hydrogen-bond donors (Lipinski definition) is 0. The third-order valence-electron chi connectivity index (χ3n) is 3.10. The molecule has 2 aliphatic rings. The van der Waals surface area contributed by atoms with Gasteiger partial charge in [-0.3, -0.25) is 4.79 Å². The maximum absolute atomic E-state index is 11.4. The van der Waals surface area contributed by atoms with E-state index in [9.17, 15) is 4.79 Å². The topological polar surface area (TPSA) is 26.3 Å². The van der Waals surface area contributed by atoms with E-state index >= 15 is 0 Å². The average Bonchev–Trinajstić information content (AvgIpc) is 2.26. The van der Waals surface area contributed by atoms with Crippen LogP contribution in [0.25, 0.3) is 0 Å². The first-order valence-electron chi connectivity index (χ1n) is 4.37. The summed E-state index contributed by atoms with van der Waals surface area (Å²) in [6.45, 7) is 0. The van der Waals surface area contributed by atoms with Crippen molar-refractivity contribution in [2.24, 2.45) is 11.8 Å². The normalized spacial score (nSPS) is 43.0. The van der Waals surface area contributed by atoms with Gasteiger partial charge in [-0.2, -0.15) is 0 Å². The molecule has 0 radical (unpaired) electrons. The van der Waals surface area contributed by atoms with Gasteiger partial charge in [-0.1, -0.05) is 0 Å². The van der Waals surface area contributed by atoms with Crippen molar-refractivity contribution >= 4 is 5.78 Å². The molecule has 2 rings (SSSR count). The Morgan fingerprint density at radius 2 is 1.82 bits per heavy atom. The van der Waals surface area contributed by atoms with Crippen molar-refractivity contribution in [2.75, 3.05) is 7.11 Å². The predicted molar refractivity (Wildman–Crippen MR) is 41.3 cm³/mol. The average molecular weight is 154 g/mol. The van der Waals surface area contributed by atoms with Crippen LogP contribution in [0.15, 0.2) is 0 Å². The van der Waals surface area contributed by atoms with Gasteiger partial charge in [-0.15, -0.1) is 0 Å². The lowest BCUT2D eigenvalue weighted by Crippen LogP contribution is -2.30. The van der Waals surface area contributed by atoms with Gasteiger partial charge in [-0.25, -0.2) is 0 Å². The van der Waals surface area contributed by atoms with E-state index < -0.39 is 0 Å². The van der Waals surface area contributed by atoms with Crippen molar-refractivity contribution in [1.29, 1.82) is 0 Å². The van der Waals surface area contributed by atoms with Crippen LogP contribution in [0.1, 0.15) is 25.7 Å². The molecule has 1 unspecified atom stereocenters. The van der Waals surface area contributed by atoms with Gasteiger partial charge in [0.15, 0.2) is 0 Å². The summed E-state index contributed by atoms with van der Waals surface area (Å²) in [7, 11) is 1.75. The number of fused-ring (bicyclic) bond motifs is 2. The molecule has 3 atom stereocenters. The Hall–Kier alpha value is -0.370. The van der Waals surface area contributed by atoms with E-state index in [0.29, 0.717) is 23.7 Å². The maximum Gasteiger partial charge on any atom is 0.139 e. The number of ketones is 1. The molecular weight excluding hydrogens is 140 g/mol. The van der Waals surface area contributed by atoms with Crippen molar-refractivity contribution in [3.05, 3.63) is 0 Å². The molecule has 2 bridgehead atoms. The van der Waals surface area contributed by atoms with Crippen molar-refractivity contribution in [2.45, 2.75) is 31.8 Å². The highest BCUT2D eigenvalue weighted by Gasteiger charge is 2.41. The molecule has 0 amide bonds. The second-order valence-corrected chi connectivity index (χ2v) is 3.70. The van der Waals surface area contributed by atoms with Crippen LogP contribution in [-0.2, 0) is 9.53 Å². The lowest BCUT2D eigenvalue weighted by Gasteiger charge is -2.25. The van der Waals surface area contributed by atoms with Crippen molar-refractivity contribution < 1.29 is 9.53 Å². The number of hydrogen-bond acceptors (Lipinski definition) is 2. The Morgan fingerprint density at radius 3 is 2.27 bits per heavy atom. The molecule has 0 aromatic rings. The second kappa shape index (κ2) is 2.59. The lowest BCUT2D eigenvalue weighted by molar-refractivity contribution is -0.128. The highest BCUT2D eigenvalue weighted by Crippen LogP contribution is 2.39. The van der Waals surface area contributed by atoms with E-state index in [1.54, 1.807) is 7.11 Å². The fourth-order valence-corrected chi connectivity index (χ4v) is 2.41. The molecule has 0 aromatic heterocycles. The van der Waals surface area contributed by atoms with E-state index in [1.807, 2.05) is 0 Å². The Balaban J connectivity index is 2.08. The first kappa shape index (κ1) is 7.29. The summed E-state index contributed by atoms with van der Waals surface area (Å²) in [5.74, 6) is 1.20. The first-order chi connectivity index (χ1) is 5.31. The predicted octanol–water partition coefficient (Wildman–Crippen LogP) is 1.39. The molecule has 2 heteroatoms. The summed E-state index contributed by atoms with van der Waals surface area (Å²) < 4.78 is 5.27. The molecule has 62 valence electrons. The number of methoxy groups -OCH3 is 1. The van der Waals surface area contributed by atoms with Gasteiger partial charge in [0.05, 0.1) is 6.10 Å². The van der Waals surface area contributed by atoms with Crippen molar-refractivity contribution in [3.8, 4) is 0 Å². The second-order valence-electron chi connectivity index (χ2n) is 3.70. The molecule has 0 N–H and O–H groups in total. The van der Waals surface area contributed by atoms with Gasteiger partial charge in [0.2, 0.25) is 0 Å². The number of carbonyl (C=O) groups is 1. The molecule has 0 heterocycles. The summed E-state index contributed by atoms with van der Waals surface area (Å²) in [5, 5.41) is 0. The zero-order valence-electron chi connectivity index (χ0n) is 6.88. The van der Waals surface area contributed by atoms with E-state index in [2.05, 4.69) is 0 Å².